The van der Waals surface area contributed by atoms with Gasteiger partial charge in [-0.05, 0) is 54.7 Å². The molecule has 2 saturated heterocycles. The van der Waals surface area contributed by atoms with E-state index in [0.717, 1.165) is 35.5 Å². The third-order valence-electron chi connectivity index (χ3n) is 8.03. The monoisotopic (exact) mass is 561 g/mol. The lowest BCUT2D eigenvalue weighted by molar-refractivity contribution is -0.151. The first-order valence-corrected chi connectivity index (χ1v) is 14.3. The van der Waals surface area contributed by atoms with E-state index in [-0.39, 0.29) is 49.2 Å². The van der Waals surface area contributed by atoms with E-state index >= 15 is 0 Å². The van der Waals surface area contributed by atoms with Crippen molar-refractivity contribution in [3.63, 3.8) is 0 Å². The molecule has 2 amide bonds. The van der Waals surface area contributed by atoms with E-state index in [1.54, 1.807) is 14.2 Å². The van der Waals surface area contributed by atoms with Crippen molar-refractivity contribution in [2.45, 2.75) is 51.0 Å². The standard InChI is InChI=1S/C33H39NO7/c1-37-22-40-29-19-26(11-7-4-8-18-39-21-24-12-14-25(38-2)15-13-24)41-28-17-16-27-30(31(28)29)33(36)34(32(27)35)20-23-9-5-3-6-10-23/h3,5-7,9-15,17,26-27,29-31H,4,8,16,18-22H2,1-2H3/b11-7+/t26-,27-,29+,30-,31-/m1/s1. The molecule has 2 fully saturated rings. The molecule has 8 heteroatoms. The maximum absolute atomic E-state index is 13.6. The van der Waals surface area contributed by atoms with Crippen LogP contribution < -0.4 is 4.74 Å². The first-order chi connectivity index (χ1) is 20.1. The van der Waals surface area contributed by atoms with Crippen LogP contribution in [0.15, 0.2) is 78.6 Å². The van der Waals surface area contributed by atoms with Crippen LogP contribution in [0.5, 0.6) is 5.75 Å². The van der Waals surface area contributed by atoms with Crippen LogP contribution in [0.25, 0.3) is 0 Å². The molecule has 218 valence electrons. The van der Waals surface area contributed by atoms with Crippen molar-refractivity contribution in [2.75, 3.05) is 27.6 Å². The molecule has 0 bridgehead atoms. The molecule has 0 radical (unpaired) electrons. The number of imide groups is 1. The third-order valence-corrected chi connectivity index (χ3v) is 8.03. The number of ether oxygens (including phenoxy) is 5. The predicted molar refractivity (Wildman–Crippen MR) is 152 cm³/mol. The molecule has 2 heterocycles. The van der Waals surface area contributed by atoms with E-state index in [9.17, 15) is 9.59 Å². The Morgan fingerprint density at radius 1 is 0.976 bits per heavy atom. The summed E-state index contributed by atoms with van der Waals surface area (Å²) >= 11 is 0. The molecule has 41 heavy (non-hydrogen) atoms. The average molecular weight is 562 g/mol. The van der Waals surface area contributed by atoms with Gasteiger partial charge in [0.25, 0.3) is 0 Å². The highest BCUT2D eigenvalue weighted by molar-refractivity contribution is 6.05. The molecule has 5 rings (SSSR count). The van der Waals surface area contributed by atoms with Gasteiger partial charge in [0, 0.05) is 20.1 Å². The molecule has 2 aliphatic heterocycles. The molecule has 0 saturated carbocycles. The van der Waals surface area contributed by atoms with Crippen molar-refractivity contribution in [3.8, 4) is 5.75 Å². The fourth-order valence-corrected chi connectivity index (χ4v) is 5.99. The van der Waals surface area contributed by atoms with Gasteiger partial charge >= 0.3 is 0 Å². The van der Waals surface area contributed by atoms with Crippen LogP contribution in [0.2, 0.25) is 0 Å². The van der Waals surface area contributed by atoms with E-state index in [4.69, 9.17) is 23.7 Å². The number of fused-ring (bicyclic) bond motifs is 3. The van der Waals surface area contributed by atoms with Crippen LogP contribution >= 0.6 is 0 Å². The van der Waals surface area contributed by atoms with Gasteiger partial charge in [0.1, 0.15) is 18.6 Å². The van der Waals surface area contributed by atoms with Crippen LogP contribution in [-0.4, -0.2) is 56.5 Å². The van der Waals surface area contributed by atoms with Gasteiger partial charge in [0.15, 0.2) is 0 Å². The topological polar surface area (TPSA) is 83.5 Å². The van der Waals surface area contributed by atoms with Gasteiger partial charge in [-0.1, -0.05) is 48.5 Å². The Morgan fingerprint density at radius 3 is 2.54 bits per heavy atom. The molecular weight excluding hydrogens is 522 g/mol. The van der Waals surface area contributed by atoms with Crippen LogP contribution in [-0.2, 0) is 41.7 Å². The van der Waals surface area contributed by atoms with Gasteiger partial charge in [0.2, 0.25) is 11.8 Å². The zero-order valence-electron chi connectivity index (χ0n) is 23.8. The molecule has 2 aromatic rings. The number of unbranched alkanes of at least 4 members (excludes halogenated alkanes) is 1. The highest BCUT2D eigenvalue weighted by atomic mass is 16.7. The molecule has 0 N–H and O–H groups in total. The molecule has 3 aliphatic rings. The molecule has 1 aliphatic carbocycles. The van der Waals surface area contributed by atoms with Gasteiger partial charge in [-0.2, -0.15) is 0 Å². The van der Waals surface area contributed by atoms with Crippen LogP contribution in [0.1, 0.15) is 36.8 Å². The number of hydrogen-bond acceptors (Lipinski definition) is 7. The molecular formula is C33H39NO7. The molecule has 2 aromatic carbocycles. The Bertz CT molecular complexity index is 1230. The summed E-state index contributed by atoms with van der Waals surface area (Å²) in [6.07, 6.45) is 8.53. The quantitative estimate of drug-likeness (QED) is 0.147. The second-order valence-electron chi connectivity index (χ2n) is 10.7. The van der Waals surface area contributed by atoms with Gasteiger partial charge in [-0.15, -0.1) is 0 Å². The van der Waals surface area contributed by atoms with Crippen LogP contribution in [0, 0.1) is 17.8 Å². The average Bonchev–Trinajstić information content (AvgIpc) is 3.24. The Labute approximate surface area is 241 Å². The zero-order chi connectivity index (χ0) is 28.6. The maximum Gasteiger partial charge on any atom is 0.234 e. The first-order valence-electron chi connectivity index (χ1n) is 14.3. The summed E-state index contributed by atoms with van der Waals surface area (Å²) in [4.78, 5) is 28.4. The lowest BCUT2D eigenvalue weighted by atomic mass is 9.71. The minimum atomic E-state index is -0.485. The Balaban J connectivity index is 1.16. The van der Waals surface area contributed by atoms with Crippen molar-refractivity contribution in [3.05, 3.63) is 89.7 Å². The molecule has 5 atom stereocenters. The van der Waals surface area contributed by atoms with E-state index < -0.39 is 5.92 Å². The first kappa shape index (κ1) is 29.0. The van der Waals surface area contributed by atoms with Crippen molar-refractivity contribution < 1.29 is 33.3 Å². The fourth-order valence-electron chi connectivity index (χ4n) is 5.99. The summed E-state index contributed by atoms with van der Waals surface area (Å²) in [5.41, 5.74) is 2.05. The molecule has 0 aromatic heterocycles. The summed E-state index contributed by atoms with van der Waals surface area (Å²) < 4.78 is 28.7. The fraction of sp³-hybridized carbons (Fsp3) is 0.455. The summed E-state index contributed by atoms with van der Waals surface area (Å²) in [5, 5.41) is 0. The van der Waals surface area contributed by atoms with Crippen LogP contribution in [0.4, 0.5) is 0 Å². The van der Waals surface area contributed by atoms with Crippen molar-refractivity contribution in [1.29, 1.82) is 0 Å². The Hall–Kier alpha value is -3.46. The lowest BCUT2D eigenvalue weighted by Crippen LogP contribution is -2.46. The third kappa shape index (κ3) is 6.89. The second-order valence-corrected chi connectivity index (χ2v) is 10.7. The highest BCUT2D eigenvalue weighted by Crippen LogP contribution is 2.48. The number of methoxy groups -OCH3 is 2. The van der Waals surface area contributed by atoms with Gasteiger partial charge < -0.3 is 23.7 Å². The SMILES string of the molecule is COCO[C@H]1C[C@@H](/C=C/CCCOCc2ccc(OC)cc2)OC2=CC[C@H]3C(=O)N(Cc4ccccc4)C(=O)[C@H]3[C@H]21. The van der Waals surface area contributed by atoms with Crippen molar-refractivity contribution >= 4 is 11.8 Å². The van der Waals surface area contributed by atoms with Gasteiger partial charge in [-0.25, -0.2) is 0 Å². The maximum atomic E-state index is 13.6. The van der Waals surface area contributed by atoms with Gasteiger partial charge in [0.05, 0.1) is 49.9 Å². The normalized spacial score (nSPS) is 25.6. The number of carbonyl (C=O) groups is 2. The number of benzene rings is 2. The summed E-state index contributed by atoms with van der Waals surface area (Å²) in [7, 11) is 3.24. The highest BCUT2D eigenvalue weighted by Gasteiger charge is 2.57. The largest absolute Gasteiger partial charge is 0.497 e. The number of amides is 2. The van der Waals surface area contributed by atoms with E-state index in [2.05, 4.69) is 12.2 Å². The summed E-state index contributed by atoms with van der Waals surface area (Å²) in [6.45, 7) is 1.63. The summed E-state index contributed by atoms with van der Waals surface area (Å²) in [6, 6.07) is 17.5. The number of likely N-dealkylation sites (tertiary alicyclic amines) is 1. The second kappa shape index (κ2) is 13.9. The Morgan fingerprint density at radius 2 is 1.78 bits per heavy atom. The minimum absolute atomic E-state index is 0.110. The number of allylic oxidation sites excluding steroid dienone is 2. The zero-order valence-corrected chi connectivity index (χ0v) is 23.8. The predicted octanol–water partition coefficient (Wildman–Crippen LogP) is 5.03. The minimum Gasteiger partial charge on any atom is -0.497 e. The van der Waals surface area contributed by atoms with Crippen LogP contribution in [0.3, 0.4) is 0 Å². The molecule has 0 unspecified atom stereocenters. The number of nitrogens with zero attached hydrogens (tertiary/aromatic N) is 1. The summed E-state index contributed by atoms with van der Waals surface area (Å²) in [5.74, 6) is 0.153. The lowest BCUT2D eigenvalue weighted by Gasteiger charge is -2.42. The van der Waals surface area contributed by atoms with Gasteiger partial charge in [-0.3, -0.25) is 14.5 Å². The molecule has 0 spiro atoms. The number of rotatable bonds is 13. The van der Waals surface area contributed by atoms with Crippen molar-refractivity contribution in [2.24, 2.45) is 17.8 Å². The molecule has 8 nitrogen and oxygen atoms in total. The Kier molecular flexibility index (Phi) is 9.88. The number of carbonyl (C=O) groups excluding carboxylic acids is 2. The van der Waals surface area contributed by atoms with E-state index in [0.29, 0.717) is 26.1 Å². The van der Waals surface area contributed by atoms with Crippen molar-refractivity contribution in [1.82, 2.24) is 4.90 Å². The number of hydrogen-bond donors (Lipinski definition) is 0. The van der Waals surface area contributed by atoms with E-state index in [1.807, 2.05) is 60.7 Å². The van der Waals surface area contributed by atoms with E-state index in [1.165, 1.54) is 4.90 Å². The smallest absolute Gasteiger partial charge is 0.234 e.